The molecule has 0 spiro atoms. The number of hydrogen-bond acceptors (Lipinski definition) is 2. The summed E-state index contributed by atoms with van der Waals surface area (Å²) in [4.78, 5) is 23.8. The van der Waals surface area contributed by atoms with Crippen molar-refractivity contribution in [3.05, 3.63) is 34.1 Å². The summed E-state index contributed by atoms with van der Waals surface area (Å²) < 4.78 is 14.0. The number of carboxylic acid groups (broad SMARTS) is 1. The average molecular weight is 361 g/mol. The minimum absolute atomic E-state index is 0.116. The maximum atomic E-state index is 13.4. The highest BCUT2D eigenvalue weighted by Crippen LogP contribution is 2.22. The van der Waals surface area contributed by atoms with Gasteiger partial charge in [-0.25, -0.2) is 9.18 Å². The quantitative estimate of drug-likeness (QED) is 0.818. The normalized spacial score (nSPS) is 11.8. The average Bonchev–Trinajstić information content (AvgIpc) is 2.40. The van der Waals surface area contributed by atoms with E-state index in [1.807, 2.05) is 6.92 Å². The third-order valence-electron chi connectivity index (χ3n) is 3.00. The van der Waals surface area contributed by atoms with Crippen LogP contribution in [-0.4, -0.2) is 35.6 Å². The van der Waals surface area contributed by atoms with Crippen LogP contribution in [0.1, 0.15) is 31.4 Å². The summed E-state index contributed by atoms with van der Waals surface area (Å²) in [5, 5.41) is 11.4. The zero-order valence-electron chi connectivity index (χ0n) is 11.9. The molecule has 2 amide bonds. The fourth-order valence-corrected chi connectivity index (χ4v) is 2.30. The fourth-order valence-electron chi connectivity index (χ4n) is 1.82. The van der Waals surface area contributed by atoms with E-state index >= 15 is 0 Å². The smallest absolute Gasteiger partial charge is 0.317 e. The van der Waals surface area contributed by atoms with Crippen LogP contribution in [0, 0.1) is 5.82 Å². The molecule has 0 saturated heterocycles. The molecule has 7 heteroatoms. The van der Waals surface area contributed by atoms with E-state index in [0.717, 1.165) is 0 Å². The lowest BCUT2D eigenvalue weighted by Gasteiger charge is -2.23. The molecule has 0 bridgehead atoms. The summed E-state index contributed by atoms with van der Waals surface area (Å²) in [6.07, 6.45) is 0.473. The monoisotopic (exact) mass is 360 g/mol. The van der Waals surface area contributed by atoms with E-state index < -0.39 is 5.97 Å². The minimum atomic E-state index is -0.962. The molecule has 116 valence electrons. The van der Waals surface area contributed by atoms with Crippen molar-refractivity contribution in [3.8, 4) is 0 Å². The van der Waals surface area contributed by atoms with Crippen molar-refractivity contribution >= 4 is 27.9 Å². The van der Waals surface area contributed by atoms with Gasteiger partial charge in [-0.15, -0.1) is 0 Å². The van der Waals surface area contributed by atoms with Crippen LogP contribution in [0.2, 0.25) is 0 Å². The molecule has 0 aromatic heterocycles. The molecule has 0 radical (unpaired) electrons. The summed E-state index contributed by atoms with van der Waals surface area (Å²) in [7, 11) is 1.52. The summed E-state index contributed by atoms with van der Waals surface area (Å²) in [5.74, 6) is -1.35. The van der Waals surface area contributed by atoms with E-state index in [1.165, 1.54) is 24.1 Å². The Kier molecular flexibility index (Phi) is 6.61. The SMILES string of the molecule is CCC(NC(=O)N(C)CCC(=O)O)c1cc(F)cc(Br)c1. The third-order valence-corrected chi connectivity index (χ3v) is 3.46. The van der Waals surface area contributed by atoms with Gasteiger partial charge in [0.05, 0.1) is 12.5 Å². The molecule has 21 heavy (non-hydrogen) atoms. The Morgan fingerprint density at radius 1 is 1.43 bits per heavy atom. The number of carboxylic acids is 1. The lowest BCUT2D eigenvalue weighted by atomic mass is 10.0. The van der Waals surface area contributed by atoms with Gasteiger partial charge in [0.15, 0.2) is 0 Å². The first kappa shape index (κ1) is 17.4. The van der Waals surface area contributed by atoms with E-state index in [1.54, 1.807) is 6.07 Å². The van der Waals surface area contributed by atoms with Crippen LogP contribution >= 0.6 is 15.9 Å². The number of nitrogens with one attached hydrogen (secondary N) is 1. The Morgan fingerprint density at radius 3 is 2.62 bits per heavy atom. The number of nitrogens with zero attached hydrogens (tertiary/aromatic N) is 1. The standard InChI is InChI=1S/C14H18BrFN2O3/c1-3-12(9-6-10(15)8-11(16)7-9)17-14(21)18(2)5-4-13(19)20/h6-8,12H,3-5H2,1-2H3,(H,17,21)(H,19,20). The first-order valence-corrected chi connectivity index (χ1v) is 7.32. The molecule has 2 N–H and O–H groups in total. The highest BCUT2D eigenvalue weighted by molar-refractivity contribution is 9.10. The van der Waals surface area contributed by atoms with Crippen molar-refractivity contribution in [2.45, 2.75) is 25.8 Å². The predicted molar refractivity (Wildman–Crippen MR) is 80.5 cm³/mol. The second-order valence-corrected chi connectivity index (χ2v) is 5.59. The predicted octanol–water partition coefficient (Wildman–Crippen LogP) is 3.16. The number of rotatable bonds is 6. The van der Waals surface area contributed by atoms with Crippen LogP contribution < -0.4 is 5.32 Å². The minimum Gasteiger partial charge on any atom is -0.481 e. The molecule has 0 saturated carbocycles. The first-order chi connectivity index (χ1) is 9.83. The van der Waals surface area contributed by atoms with Gasteiger partial charge in [-0.05, 0) is 30.2 Å². The van der Waals surface area contributed by atoms with Gasteiger partial charge in [0.25, 0.3) is 0 Å². The second kappa shape index (κ2) is 7.97. The number of benzene rings is 1. The van der Waals surface area contributed by atoms with E-state index in [4.69, 9.17) is 5.11 Å². The van der Waals surface area contributed by atoms with E-state index in [0.29, 0.717) is 16.5 Å². The van der Waals surface area contributed by atoms with Gasteiger partial charge in [-0.3, -0.25) is 4.79 Å². The second-order valence-electron chi connectivity index (χ2n) is 4.68. The largest absolute Gasteiger partial charge is 0.481 e. The number of carbonyl (C=O) groups excluding carboxylic acids is 1. The molecular weight excluding hydrogens is 343 g/mol. The summed E-state index contributed by atoms with van der Waals surface area (Å²) in [5.41, 5.74) is 0.657. The highest BCUT2D eigenvalue weighted by Gasteiger charge is 2.17. The molecule has 5 nitrogen and oxygen atoms in total. The number of urea groups is 1. The van der Waals surface area contributed by atoms with Crippen LogP contribution in [0.25, 0.3) is 0 Å². The van der Waals surface area contributed by atoms with Gasteiger partial charge in [0.2, 0.25) is 0 Å². The molecule has 0 fully saturated rings. The molecule has 0 aliphatic heterocycles. The molecule has 1 atom stereocenters. The zero-order chi connectivity index (χ0) is 16.0. The molecular formula is C14H18BrFN2O3. The van der Waals surface area contributed by atoms with Crippen LogP contribution in [0.3, 0.4) is 0 Å². The fraction of sp³-hybridized carbons (Fsp3) is 0.429. The number of halogens is 2. The van der Waals surface area contributed by atoms with Crippen LogP contribution in [0.4, 0.5) is 9.18 Å². The van der Waals surface area contributed by atoms with Gasteiger partial charge < -0.3 is 15.3 Å². The first-order valence-electron chi connectivity index (χ1n) is 6.53. The van der Waals surface area contributed by atoms with Gasteiger partial charge in [-0.1, -0.05) is 22.9 Å². The Balaban J connectivity index is 2.72. The number of amides is 2. The van der Waals surface area contributed by atoms with Crippen molar-refractivity contribution in [2.75, 3.05) is 13.6 Å². The Hall–Kier alpha value is -1.63. The van der Waals surface area contributed by atoms with E-state index in [2.05, 4.69) is 21.2 Å². The zero-order valence-corrected chi connectivity index (χ0v) is 13.5. The molecule has 0 aliphatic carbocycles. The van der Waals surface area contributed by atoms with Gasteiger partial charge in [-0.2, -0.15) is 0 Å². The van der Waals surface area contributed by atoms with Gasteiger partial charge in [0.1, 0.15) is 5.82 Å². The molecule has 0 heterocycles. The lowest BCUT2D eigenvalue weighted by molar-refractivity contribution is -0.137. The van der Waals surface area contributed by atoms with Crippen molar-refractivity contribution in [2.24, 2.45) is 0 Å². The molecule has 1 rings (SSSR count). The summed E-state index contributed by atoms with van der Waals surface area (Å²) >= 11 is 3.22. The maximum absolute atomic E-state index is 13.4. The van der Waals surface area contributed by atoms with Crippen LogP contribution in [-0.2, 0) is 4.79 Å². The molecule has 1 aromatic carbocycles. The third kappa shape index (κ3) is 5.71. The summed E-state index contributed by atoms with van der Waals surface area (Å²) in [6.45, 7) is 1.99. The topological polar surface area (TPSA) is 69.6 Å². The van der Waals surface area contributed by atoms with E-state index in [9.17, 15) is 14.0 Å². The number of carbonyl (C=O) groups is 2. The Morgan fingerprint density at radius 2 is 2.10 bits per heavy atom. The number of aliphatic carboxylic acids is 1. The Labute approximate surface area is 131 Å². The van der Waals surface area contributed by atoms with E-state index in [-0.39, 0.29) is 30.9 Å². The lowest BCUT2D eigenvalue weighted by Crippen LogP contribution is -2.40. The maximum Gasteiger partial charge on any atom is 0.317 e. The van der Waals surface area contributed by atoms with Crippen molar-refractivity contribution in [1.29, 1.82) is 0 Å². The summed E-state index contributed by atoms with van der Waals surface area (Å²) in [6, 6.07) is 3.74. The molecule has 1 unspecified atom stereocenters. The van der Waals surface area contributed by atoms with Crippen LogP contribution in [0.15, 0.2) is 22.7 Å². The van der Waals surface area contributed by atoms with Crippen LogP contribution in [0.5, 0.6) is 0 Å². The van der Waals surface area contributed by atoms with Crippen molar-refractivity contribution < 1.29 is 19.1 Å². The van der Waals surface area contributed by atoms with Crippen molar-refractivity contribution in [1.82, 2.24) is 10.2 Å². The van der Waals surface area contributed by atoms with Gasteiger partial charge in [0, 0.05) is 18.1 Å². The molecule has 1 aromatic rings. The van der Waals surface area contributed by atoms with Gasteiger partial charge >= 0.3 is 12.0 Å². The Bertz CT molecular complexity index is 505. The number of hydrogen-bond donors (Lipinski definition) is 2. The molecule has 0 aliphatic rings. The highest BCUT2D eigenvalue weighted by atomic mass is 79.9. The van der Waals surface area contributed by atoms with Crippen molar-refractivity contribution in [3.63, 3.8) is 0 Å².